The zero-order valence-corrected chi connectivity index (χ0v) is 12.3. The van der Waals surface area contributed by atoms with Gasteiger partial charge in [-0.15, -0.1) is 0 Å². The molecule has 3 heteroatoms. The molecule has 0 unspecified atom stereocenters. The molecule has 4 fully saturated rings. The lowest BCUT2D eigenvalue weighted by Gasteiger charge is -2.51. The molecule has 112 valence electrons. The average molecular weight is 288 g/mol. The molecule has 1 aromatic carbocycles. The van der Waals surface area contributed by atoms with Crippen molar-refractivity contribution in [3.05, 3.63) is 35.2 Å². The van der Waals surface area contributed by atoms with E-state index in [4.69, 9.17) is 4.74 Å². The molecule has 4 aliphatic rings. The van der Waals surface area contributed by atoms with Crippen LogP contribution in [0, 0.1) is 29.5 Å². The Kier molecular flexibility index (Phi) is 2.98. The largest absolute Gasteiger partial charge is 0.505 e. The van der Waals surface area contributed by atoms with Crippen LogP contribution in [0.5, 0.6) is 5.75 Å². The number of ether oxygens (including phenoxy) is 1. The van der Waals surface area contributed by atoms with E-state index in [1.54, 1.807) is 13.2 Å². The predicted molar refractivity (Wildman–Crippen MR) is 79.0 cm³/mol. The molecule has 0 aliphatic heterocycles. The Hall–Kier alpha value is -1.51. The molecule has 5 rings (SSSR count). The summed E-state index contributed by atoms with van der Waals surface area (Å²) in [5, 5.41) is 9.64. The lowest BCUT2D eigenvalue weighted by Crippen LogP contribution is -2.40. The van der Waals surface area contributed by atoms with Gasteiger partial charge in [0, 0.05) is 5.56 Å². The van der Waals surface area contributed by atoms with Gasteiger partial charge in [0.1, 0.15) is 5.76 Å². The molecule has 0 radical (unpaired) electrons. The van der Waals surface area contributed by atoms with Gasteiger partial charge in [-0.05, 0) is 79.5 Å². The summed E-state index contributed by atoms with van der Waals surface area (Å²) >= 11 is 0. The number of phenols is 1. The SMILES string of the molecule is COC(=C1C2CC3CC(C2)CC1C3)c1ccc(F)c(O)c1. The maximum absolute atomic E-state index is 13.3. The molecule has 4 aliphatic carbocycles. The number of halogens is 1. The van der Waals surface area contributed by atoms with Gasteiger partial charge in [-0.2, -0.15) is 0 Å². The Morgan fingerprint density at radius 3 is 2.24 bits per heavy atom. The fourth-order valence-corrected chi connectivity index (χ4v) is 5.12. The van der Waals surface area contributed by atoms with E-state index in [0.29, 0.717) is 11.8 Å². The van der Waals surface area contributed by atoms with Crippen LogP contribution in [0.4, 0.5) is 4.39 Å². The third kappa shape index (κ3) is 2.05. The van der Waals surface area contributed by atoms with Crippen LogP contribution < -0.4 is 0 Å². The third-order valence-corrected chi connectivity index (χ3v) is 5.69. The summed E-state index contributed by atoms with van der Waals surface area (Å²) in [6.45, 7) is 0. The Labute approximate surface area is 124 Å². The van der Waals surface area contributed by atoms with Crippen molar-refractivity contribution in [2.24, 2.45) is 23.7 Å². The first kappa shape index (κ1) is 13.2. The van der Waals surface area contributed by atoms with E-state index >= 15 is 0 Å². The van der Waals surface area contributed by atoms with Crippen molar-refractivity contribution in [3.63, 3.8) is 0 Å². The minimum atomic E-state index is -0.579. The van der Waals surface area contributed by atoms with Crippen LogP contribution in [0.1, 0.15) is 37.7 Å². The summed E-state index contributed by atoms with van der Waals surface area (Å²) in [5.41, 5.74) is 2.23. The van der Waals surface area contributed by atoms with Gasteiger partial charge in [-0.25, -0.2) is 4.39 Å². The van der Waals surface area contributed by atoms with Crippen molar-refractivity contribution >= 4 is 5.76 Å². The summed E-state index contributed by atoms with van der Waals surface area (Å²) in [4.78, 5) is 0. The van der Waals surface area contributed by atoms with Crippen LogP contribution in [0.2, 0.25) is 0 Å². The Morgan fingerprint density at radius 2 is 1.71 bits per heavy atom. The number of allylic oxidation sites excluding steroid dienone is 1. The summed E-state index contributed by atoms with van der Waals surface area (Å²) in [7, 11) is 1.69. The molecule has 0 aromatic heterocycles. The first-order chi connectivity index (χ1) is 10.2. The topological polar surface area (TPSA) is 29.5 Å². The van der Waals surface area contributed by atoms with E-state index in [2.05, 4.69) is 0 Å². The van der Waals surface area contributed by atoms with Crippen molar-refractivity contribution < 1.29 is 14.2 Å². The maximum atomic E-state index is 13.3. The van der Waals surface area contributed by atoms with E-state index in [1.807, 2.05) is 0 Å². The van der Waals surface area contributed by atoms with Crippen molar-refractivity contribution in [2.75, 3.05) is 7.11 Å². The molecule has 1 N–H and O–H groups in total. The molecule has 4 bridgehead atoms. The summed E-state index contributed by atoms with van der Waals surface area (Å²) in [5.74, 6) is 3.05. The monoisotopic (exact) mass is 288 g/mol. The second kappa shape index (κ2) is 4.75. The highest BCUT2D eigenvalue weighted by atomic mass is 19.1. The van der Waals surface area contributed by atoms with Gasteiger partial charge in [-0.1, -0.05) is 0 Å². The quantitative estimate of drug-likeness (QED) is 0.820. The number of rotatable bonds is 2. The van der Waals surface area contributed by atoms with Crippen molar-refractivity contribution in [1.29, 1.82) is 0 Å². The van der Waals surface area contributed by atoms with E-state index in [0.717, 1.165) is 23.2 Å². The van der Waals surface area contributed by atoms with Gasteiger partial charge in [0.05, 0.1) is 7.11 Å². The number of hydrogen-bond donors (Lipinski definition) is 1. The van der Waals surface area contributed by atoms with Gasteiger partial charge in [0.2, 0.25) is 0 Å². The smallest absolute Gasteiger partial charge is 0.164 e. The number of phenolic OH excluding ortho intramolecular Hbond substituents is 1. The highest BCUT2D eigenvalue weighted by Gasteiger charge is 2.46. The lowest BCUT2D eigenvalue weighted by atomic mass is 9.54. The van der Waals surface area contributed by atoms with Crippen LogP contribution in [0.15, 0.2) is 23.8 Å². The molecule has 2 nitrogen and oxygen atoms in total. The molecule has 0 amide bonds. The van der Waals surface area contributed by atoms with E-state index in [9.17, 15) is 9.50 Å². The minimum Gasteiger partial charge on any atom is -0.505 e. The van der Waals surface area contributed by atoms with Crippen LogP contribution in [0.25, 0.3) is 5.76 Å². The van der Waals surface area contributed by atoms with E-state index in [1.165, 1.54) is 49.8 Å². The Balaban J connectivity index is 1.79. The van der Waals surface area contributed by atoms with Gasteiger partial charge in [0.15, 0.2) is 11.6 Å². The molecule has 0 heterocycles. The van der Waals surface area contributed by atoms with Crippen LogP contribution in [-0.4, -0.2) is 12.2 Å². The molecule has 0 saturated heterocycles. The summed E-state index contributed by atoms with van der Waals surface area (Å²) < 4.78 is 19.0. The molecule has 0 spiro atoms. The second-order valence-electron chi connectivity index (χ2n) is 6.96. The van der Waals surface area contributed by atoms with Crippen molar-refractivity contribution in [3.8, 4) is 5.75 Å². The number of methoxy groups -OCH3 is 1. The first-order valence-electron chi connectivity index (χ1n) is 7.92. The second-order valence-corrected chi connectivity index (χ2v) is 6.96. The van der Waals surface area contributed by atoms with E-state index < -0.39 is 5.82 Å². The number of benzene rings is 1. The van der Waals surface area contributed by atoms with Gasteiger partial charge < -0.3 is 9.84 Å². The zero-order valence-electron chi connectivity index (χ0n) is 12.3. The number of hydrogen-bond acceptors (Lipinski definition) is 2. The summed E-state index contributed by atoms with van der Waals surface area (Å²) in [6.07, 6.45) is 6.54. The molecular formula is C18H21FO2. The minimum absolute atomic E-state index is 0.300. The predicted octanol–water partition coefficient (Wildman–Crippen LogP) is 4.34. The molecule has 4 saturated carbocycles. The van der Waals surface area contributed by atoms with Crippen LogP contribution >= 0.6 is 0 Å². The fourth-order valence-electron chi connectivity index (χ4n) is 5.12. The van der Waals surface area contributed by atoms with Crippen LogP contribution in [0.3, 0.4) is 0 Å². The lowest BCUT2D eigenvalue weighted by molar-refractivity contribution is 0.0675. The van der Waals surface area contributed by atoms with Gasteiger partial charge >= 0.3 is 0 Å². The van der Waals surface area contributed by atoms with Crippen molar-refractivity contribution in [1.82, 2.24) is 0 Å². The number of aromatic hydroxyl groups is 1. The highest BCUT2D eigenvalue weighted by Crippen LogP contribution is 2.57. The van der Waals surface area contributed by atoms with Gasteiger partial charge in [-0.3, -0.25) is 0 Å². The normalized spacial score (nSPS) is 33.3. The molecule has 21 heavy (non-hydrogen) atoms. The molecule has 1 aromatic rings. The van der Waals surface area contributed by atoms with Crippen molar-refractivity contribution in [2.45, 2.75) is 32.1 Å². The Bertz CT molecular complexity index is 575. The fraction of sp³-hybridized carbons (Fsp3) is 0.556. The third-order valence-electron chi connectivity index (χ3n) is 5.69. The molecule has 0 atom stereocenters. The van der Waals surface area contributed by atoms with E-state index in [-0.39, 0.29) is 5.75 Å². The first-order valence-corrected chi connectivity index (χ1v) is 7.92. The average Bonchev–Trinajstić information content (AvgIpc) is 2.45. The molecular weight excluding hydrogens is 267 g/mol. The maximum Gasteiger partial charge on any atom is 0.164 e. The Morgan fingerprint density at radius 1 is 1.10 bits per heavy atom. The summed E-state index contributed by atoms with van der Waals surface area (Å²) in [6, 6.07) is 4.53. The standard InChI is InChI=1S/C18H21FO2/c1-21-18(12-2-3-15(19)16(20)9-12)17-13-5-10-4-11(7-13)8-14(17)6-10/h2-3,9-11,13-14,20H,4-8H2,1H3. The van der Waals surface area contributed by atoms with Gasteiger partial charge in [0.25, 0.3) is 0 Å². The van der Waals surface area contributed by atoms with Crippen LogP contribution in [-0.2, 0) is 4.74 Å². The highest BCUT2D eigenvalue weighted by molar-refractivity contribution is 5.66. The zero-order chi connectivity index (χ0) is 14.6.